The first-order valence-electron chi connectivity index (χ1n) is 5.77. The predicted octanol–water partition coefficient (Wildman–Crippen LogP) is 2.17. The molecule has 2 heterocycles. The lowest BCUT2D eigenvalue weighted by molar-refractivity contribution is 0.352. The van der Waals surface area contributed by atoms with Crippen molar-refractivity contribution in [1.29, 1.82) is 0 Å². The molecule has 1 fully saturated rings. The molecule has 2 N–H and O–H groups in total. The minimum atomic E-state index is -0.933. The minimum absolute atomic E-state index is 0.0109. The summed E-state index contributed by atoms with van der Waals surface area (Å²) >= 11 is 1.73. The maximum atomic E-state index is 13.2. The van der Waals surface area contributed by atoms with Crippen LogP contribution in [0.5, 0.6) is 0 Å². The van der Waals surface area contributed by atoms with E-state index in [1.807, 2.05) is 0 Å². The summed E-state index contributed by atoms with van der Waals surface area (Å²) in [5, 5.41) is 3.80. The summed E-state index contributed by atoms with van der Waals surface area (Å²) in [6, 6.07) is 3.49. The average Bonchev–Trinajstić information content (AvgIpc) is 3.01. The van der Waals surface area contributed by atoms with Gasteiger partial charge in [-0.3, -0.25) is 0 Å². The molecule has 4 nitrogen and oxygen atoms in total. The molecule has 2 atom stereocenters. The molecule has 1 aliphatic rings. The number of hydrogen-bond donors (Lipinski definition) is 1. The second-order valence-electron chi connectivity index (χ2n) is 4.39. The van der Waals surface area contributed by atoms with Gasteiger partial charge in [0, 0.05) is 23.1 Å². The van der Waals surface area contributed by atoms with Gasteiger partial charge in [-0.1, -0.05) is 5.16 Å². The molecule has 0 amide bonds. The number of rotatable bonds is 2. The van der Waals surface area contributed by atoms with Crippen molar-refractivity contribution >= 4 is 11.8 Å². The second kappa shape index (κ2) is 4.90. The van der Waals surface area contributed by atoms with Gasteiger partial charge in [0.05, 0.1) is 5.92 Å². The standard InChI is InChI=1S/C12H11F2N3OS/c13-8-2-1-6(3-9(8)14)11-16-12(18-17-11)7-4-19-5-10(7)15/h1-3,7,10H,4-5,15H2. The van der Waals surface area contributed by atoms with Crippen molar-refractivity contribution in [3.05, 3.63) is 35.7 Å². The number of aromatic nitrogens is 2. The molecule has 0 radical (unpaired) electrons. The van der Waals surface area contributed by atoms with E-state index in [1.54, 1.807) is 11.8 Å². The van der Waals surface area contributed by atoms with Gasteiger partial charge in [0.15, 0.2) is 11.6 Å². The third-order valence-electron chi connectivity index (χ3n) is 3.06. The number of benzene rings is 1. The molecule has 1 aromatic heterocycles. The van der Waals surface area contributed by atoms with Crippen LogP contribution in [0.2, 0.25) is 0 Å². The zero-order valence-corrected chi connectivity index (χ0v) is 10.7. The maximum Gasteiger partial charge on any atom is 0.232 e. The van der Waals surface area contributed by atoms with Gasteiger partial charge in [0.25, 0.3) is 0 Å². The van der Waals surface area contributed by atoms with Gasteiger partial charge in [-0.15, -0.1) is 0 Å². The molecular weight excluding hydrogens is 272 g/mol. The number of nitrogens with zero attached hydrogens (tertiary/aromatic N) is 2. The molecule has 0 bridgehead atoms. The molecule has 1 aliphatic heterocycles. The summed E-state index contributed by atoms with van der Waals surface area (Å²) in [5.41, 5.74) is 6.33. The van der Waals surface area contributed by atoms with E-state index in [0.717, 1.165) is 23.6 Å². The number of halogens is 2. The van der Waals surface area contributed by atoms with Gasteiger partial charge in [0.2, 0.25) is 11.7 Å². The molecule has 1 aromatic carbocycles. The summed E-state index contributed by atoms with van der Waals surface area (Å²) in [6.45, 7) is 0. The van der Waals surface area contributed by atoms with Crippen molar-refractivity contribution in [3.8, 4) is 11.4 Å². The van der Waals surface area contributed by atoms with Gasteiger partial charge in [-0.2, -0.15) is 16.7 Å². The Morgan fingerprint density at radius 1 is 1.26 bits per heavy atom. The zero-order valence-electron chi connectivity index (χ0n) is 9.85. The fourth-order valence-corrected chi connectivity index (χ4v) is 3.25. The van der Waals surface area contributed by atoms with Crippen LogP contribution in [0.15, 0.2) is 22.7 Å². The Balaban J connectivity index is 1.90. The monoisotopic (exact) mass is 283 g/mol. The van der Waals surface area contributed by atoms with E-state index in [4.69, 9.17) is 10.3 Å². The molecule has 0 saturated carbocycles. The van der Waals surface area contributed by atoms with Crippen LogP contribution in [0.1, 0.15) is 11.8 Å². The summed E-state index contributed by atoms with van der Waals surface area (Å²) in [6.07, 6.45) is 0. The van der Waals surface area contributed by atoms with E-state index < -0.39 is 11.6 Å². The molecule has 0 aliphatic carbocycles. The predicted molar refractivity (Wildman–Crippen MR) is 67.7 cm³/mol. The lowest BCUT2D eigenvalue weighted by Crippen LogP contribution is -2.26. The first kappa shape index (κ1) is 12.6. The van der Waals surface area contributed by atoms with Crippen LogP contribution < -0.4 is 5.73 Å². The Hall–Kier alpha value is -1.47. The van der Waals surface area contributed by atoms with E-state index in [9.17, 15) is 8.78 Å². The Morgan fingerprint density at radius 2 is 2.11 bits per heavy atom. The highest BCUT2D eigenvalue weighted by Crippen LogP contribution is 2.31. The molecule has 19 heavy (non-hydrogen) atoms. The quantitative estimate of drug-likeness (QED) is 0.915. The van der Waals surface area contributed by atoms with Crippen LogP contribution in [0.25, 0.3) is 11.4 Å². The largest absolute Gasteiger partial charge is 0.339 e. The van der Waals surface area contributed by atoms with E-state index in [1.165, 1.54) is 6.07 Å². The van der Waals surface area contributed by atoms with Gasteiger partial charge in [-0.25, -0.2) is 8.78 Å². The van der Waals surface area contributed by atoms with Crippen LogP contribution in [-0.2, 0) is 0 Å². The molecule has 1 saturated heterocycles. The number of hydrogen-bond acceptors (Lipinski definition) is 5. The van der Waals surface area contributed by atoms with E-state index in [0.29, 0.717) is 11.5 Å². The van der Waals surface area contributed by atoms with Gasteiger partial charge in [0.1, 0.15) is 0 Å². The van der Waals surface area contributed by atoms with E-state index in [-0.39, 0.29) is 17.8 Å². The van der Waals surface area contributed by atoms with E-state index >= 15 is 0 Å². The molecule has 0 spiro atoms. The van der Waals surface area contributed by atoms with Gasteiger partial charge < -0.3 is 10.3 Å². The molecular formula is C12H11F2N3OS. The first-order chi connectivity index (χ1) is 9.15. The number of thioether (sulfide) groups is 1. The van der Waals surface area contributed by atoms with Gasteiger partial charge >= 0.3 is 0 Å². The smallest absolute Gasteiger partial charge is 0.232 e. The van der Waals surface area contributed by atoms with Crippen LogP contribution in [0.3, 0.4) is 0 Å². The lowest BCUT2D eigenvalue weighted by atomic mass is 10.1. The van der Waals surface area contributed by atoms with Crippen LogP contribution in [0.4, 0.5) is 8.78 Å². The average molecular weight is 283 g/mol. The summed E-state index contributed by atoms with van der Waals surface area (Å²) < 4.78 is 31.2. The molecule has 2 aromatic rings. The summed E-state index contributed by atoms with van der Waals surface area (Å²) in [7, 11) is 0. The molecule has 100 valence electrons. The molecule has 3 rings (SSSR count). The van der Waals surface area contributed by atoms with Crippen molar-refractivity contribution in [1.82, 2.24) is 10.1 Å². The molecule has 2 unspecified atom stereocenters. The van der Waals surface area contributed by atoms with Crippen molar-refractivity contribution < 1.29 is 13.3 Å². The summed E-state index contributed by atoms with van der Waals surface area (Å²) in [5.74, 6) is 0.583. The Kier molecular flexibility index (Phi) is 3.24. The SMILES string of the molecule is NC1CSCC1c1nc(-c2ccc(F)c(F)c2)no1. The third kappa shape index (κ3) is 2.35. The Labute approximate surface area is 112 Å². The third-order valence-corrected chi connectivity index (χ3v) is 4.28. The fourth-order valence-electron chi connectivity index (χ4n) is 1.96. The Bertz CT molecular complexity index is 604. The Morgan fingerprint density at radius 3 is 2.79 bits per heavy atom. The maximum absolute atomic E-state index is 13.2. The normalized spacial score (nSPS) is 22.9. The van der Waals surface area contributed by atoms with Crippen molar-refractivity contribution in [3.63, 3.8) is 0 Å². The van der Waals surface area contributed by atoms with Crippen molar-refractivity contribution in [2.45, 2.75) is 12.0 Å². The van der Waals surface area contributed by atoms with Crippen LogP contribution in [0, 0.1) is 11.6 Å². The van der Waals surface area contributed by atoms with Crippen molar-refractivity contribution in [2.24, 2.45) is 5.73 Å². The van der Waals surface area contributed by atoms with Crippen LogP contribution in [-0.4, -0.2) is 27.7 Å². The molecule has 7 heteroatoms. The van der Waals surface area contributed by atoms with Gasteiger partial charge in [-0.05, 0) is 18.2 Å². The van der Waals surface area contributed by atoms with E-state index in [2.05, 4.69) is 10.1 Å². The highest BCUT2D eigenvalue weighted by atomic mass is 32.2. The highest BCUT2D eigenvalue weighted by molar-refractivity contribution is 7.99. The fraction of sp³-hybridized carbons (Fsp3) is 0.333. The number of nitrogens with two attached hydrogens (primary N) is 1. The topological polar surface area (TPSA) is 64.9 Å². The van der Waals surface area contributed by atoms with Crippen LogP contribution >= 0.6 is 11.8 Å². The zero-order chi connectivity index (χ0) is 13.4. The lowest BCUT2D eigenvalue weighted by Gasteiger charge is -2.07. The van der Waals surface area contributed by atoms with Crippen molar-refractivity contribution in [2.75, 3.05) is 11.5 Å². The summed E-state index contributed by atoms with van der Waals surface area (Å²) in [4.78, 5) is 4.22. The minimum Gasteiger partial charge on any atom is -0.339 e. The first-order valence-corrected chi connectivity index (χ1v) is 6.93. The highest BCUT2D eigenvalue weighted by Gasteiger charge is 2.31. The second-order valence-corrected chi connectivity index (χ2v) is 5.47.